The Morgan fingerprint density at radius 1 is 0.531 bits per heavy atom. The Kier molecular flexibility index (Phi) is 36.0. The Hall–Kier alpha value is -0.990. The van der Waals surface area contributed by atoms with E-state index in [2.05, 4.69) is 13.8 Å². The van der Waals surface area contributed by atoms with Gasteiger partial charge in [0.15, 0.2) is 6.10 Å². The summed E-state index contributed by atoms with van der Waals surface area (Å²) in [6.45, 7) is 3.74. The zero-order valence-corrected chi connectivity index (χ0v) is 32.8. The first-order chi connectivity index (χ1) is 23.8. The molecule has 0 bridgehead atoms. The number of carbonyl (C=O) groups is 2. The van der Waals surface area contributed by atoms with Crippen molar-refractivity contribution in [1.29, 1.82) is 0 Å². The summed E-state index contributed by atoms with van der Waals surface area (Å²) in [6, 6.07) is 0. The number of unbranched alkanes of at least 4 members (excludes halogenated alkanes) is 26. The van der Waals surface area contributed by atoms with Crippen LogP contribution in [0.2, 0.25) is 0 Å². The van der Waals surface area contributed by atoms with Crippen molar-refractivity contribution >= 4 is 19.8 Å². The number of hydrogen-bond donors (Lipinski definition) is 2. The van der Waals surface area contributed by atoms with Crippen LogP contribution in [0.4, 0.5) is 0 Å². The summed E-state index contributed by atoms with van der Waals surface area (Å²) in [5.74, 6) is -0.817. The standard InChI is InChI=1S/C39H78NO8P/c1-3-5-7-9-11-13-15-16-17-18-19-20-21-22-24-26-28-30-32-39(42)48-37(36-47-49(43,44)46-34-33-40)35-45-38(41)31-29-27-25-23-14-12-10-8-6-4-2/h37H,3-36,40H2,1-2H3,(H,43,44)/t37-/m1/s1. The van der Waals surface area contributed by atoms with E-state index >= 15 is 0 Å². The monoisotopic (exact) mass is 720 g/mol. The zero-order valence-electron chi connectivity index (χ0n) is 31.9. The summed E-state index contributed by atoms with van der Waals surface area (Å²) in [4.78, 5) is 34.7. The minimum Gasteiger partial charge on any atom is -0.462 e. The Morgan fingerprint density at radius 2 is 0.878 bits per heavy atom. The maximum absolute atomic E-state index is 12.5. The van der Waals surface area contributed by atoms with Gasteiger partial charge < -0.3 is 20.1 Å². The molecule has 9 nitrogen and oxygen atoms in total. The molecule has 0 saturated heterocycles. The van der Waals surface area contributed by atoms with E-state index in [0.29, 0.717) is 6.42 Å². The first-order valence-electron chi connectivity index (χ1n) is 20.5. The molecule has 0 fully saturated rings. The predicted octanol–water partition coefficient (Wildman–Crippen LogP) is 11.3. The molecular formula is C39H78NO8P. The van der Waals surface area contributed by atoms with E-state index in [0.717, 1.165) is 32.1 Å². The van der Waals surface area contributed by atoms with Crippen LogP contribution in [-0.2, 0) is 32.7 Å². The van der Waals surface area contributed by atoms with Crippen molar-refractivity contribution in [3.8, 4) is 0 Å². The van der Waals surface area contributed by atoms with E-state index in [-0.39, 0.29) is 38.6 Å². The third kappa shape index (κ3) is 36.6. The molecular weight excluding hydrogens is 641 g/mol. The minimum atomic E-state index is -4.36. The van der Waals surface area contributed by atoms with E-state index in [1.54, 1.807) is 0 Å². The van der Waals surface area contributed by atoms with Crippen LogP contribution in [0.3, 0.4) is 0 Å². The number of nitrogens with two attached hydrogens (primary N) is 1. The number of rotatable bonds is 39. The molecule has 0 aliphatic rings. The second-order valence-electron chi connectivity index (χ2n) is 13.9. The van der Waals surface area contributed by atoms with Crippen molar-refractivity contribution in [3.63, 3.8) is 0 Å². The maximum atomic E-state index is 12.5. The second kappa shape index (κ2) is 36.8. The van der Waals surface area contributed by atoms with Crippen molar-refractivity contribution in [3.05, 3.63) is 0 Å². The summed E-state index contributed by atoms with van der Waals surface area (Å²) >= 11 is 0. The lowest BCUT2D eigenvalue weighted by Gasteiger charge is -2.19. The molecule has 0 amide bonds. The largest absolute Gasteiger partial charge is 0.472 e. The molecule has 1 unspecified atom stereocenters. The molecule has 10 heteroatoms. The van der Waals surface area contributed by atoms with Crippen molar-refractivity contribution in [1.82, 2.24) is 0 Å². The van der Waals surface area contributed by atoms with Gasteiger partial charge in [-0.05, 0) is 12.8 Å². The highest BCUT2D eigenvalue weighted by Crippen LogP contribution is 2.43. The molecule has 0 spiro atoms. The predicted molar refractivity (Wildman–Crippen MR) is 201 cm³/mol. The Bertz CT molecular complexity index is 784. The van der Waals surface area contributed by atoms with Crippen LogP contribution in [0.25, 0.3) is 0 Å². The summed E-state index contributed by atoms with van der Waals surface area (Å²) < 4.78 is 32.7. The molecule has 0 aliphatic heterocycles. The molecule has 3 N–H and O–H groups in total. The van der Waals surface area contributed by atoms with Crippen molar-refractivity contribution in [2.45, 2.75) is 213 Å². The van der Waals surface area contributed by atoms with Crippen LogP contribution >= 0.6 is 7.82 Å². The van der Waals surface area contributed by atoms with Crippen molar-refractivity contribution < 1.29 is 37.6 Å². The average Bonchev–Trinajstić information content (AvgIpc) is 3.08. The van der Waals surface area contributed by atoms with Crippen LogP contribution < -0.4 is 5.73 Å². The van der Waals surface area contributed by atoms with E-state index in [4.69, 9.17) is 24.3 Å². The number of carbonyl (C=O) groups excluding carboxylic acids is 2. The Labute approximate surface area is 301 Å². The van der Waals surface area contributed by atoms with Gasteiger partial charge in [-0.3, -0.25) is 18.6 Å². The summed E-state index contributed by atoms with van der Waals surface area (Å²) in [6.07, 6.45) is 34.2. The second-order valence-corrected chi connectivity index (χ2v) is 15.3. The van der Waals surface area contributed by atoms with Gasteiger partial charge in [-0.2, -0.15) is 0 Å². The smallest absolute Gasteiger partial charge is 0.462 e. The SMILES string of the molecule is CCCCCCCCCCCCCCCCCCCCC(=O)O[C@H](COC(=O)CCCCCCCCCCCC)COP(=O)(O)OCCN. The highest BCUT2D eigenvalue weighted by atomic mass is 31.2. The van der Waals surface area contributed by atoms with Gasteiger partial charge in [-0.15, -0.1) is 0 Å². The molecule has 0 radical (unpaired) electrons. The number of esters is 2. The lowest BCUT2D eigenvalue weighted by Crippen LogP contribution is -2.29. The fourth-order valence-electron chi connectivity index (χ4n) is 5.93. The molecule has 0 aliphatic carbocycles. The van der Waals surface area contributed by atoms with Gasteiger partial charge >= 0.3 is 19.8 Å². The van der Waals surface area contributed by atoms with Crippen molar-refractivity contribution in [2.75, 3.05) is 26.4 Å². The number of phosphoric acid groups is 1. The quantitative estimate of drug-likeness (QED) is 0.0361. The molecule has 49 heavy (non-hydrogen) atoms. The summed E-state index contributed by atoms with van der Waals surface area (Å²) in [5, 5.41) is 0. The first-order valence-corrected chi connectivity index (χ1v) is 22.0. The summed E-state index contributed by atoms with van der Waals surface area (Å²) in [7, 11) is -4.36. The van der Waals surface area contributed by atoms with Gasteiger partial charge in [0.1, 0.15) is 6.61 Å². The molecule has 0 aromatic heterocycles. The van der Waals surface area contributed by atoms with E-state index in [1.165, 1.54) is 141 Å². The van der Waals surface area contributed by atoms with Gasteiger partial charge in [0.25, 0.3) is 0 Å². The third-order valence-electron chi connectivity index (χ3n) is 8.99. The third-order valence-corrected chi connectivity index (χ3v) is 9.98. The highest BCUT2D eigenvalue weighted by Gasteiger charge is 2.26. The van der Waals surface area contributed by atoms with Gasteiger partial charge in [-0.25, -0.2) is 4.57 Å². The maximum Gasteiger partial charge on any atom is 0.472 e. The minimum absolute atomic E-state index is 0.0578. The molecule has 0 heterocycles. The van der Waals surface area contributed by atoms with Gasteiger partial charge in [-0.1, -0.05) is 181 Å². The van der Waals surface area contributed by atoms with Gasteiger partial charge in [0.05, 0.1) is 13.2 Å². The van der Waals surface area contributed by atoms with Crippen LogP contribution in [0.5, 0.6) is 0 Å². The van der Waals surface area contributed by atoms with Crippen LogP contribution in [0, 0.1) is 0 Å². The zero-order chi connectivity index (χ0) is 36.1. The molecule has 2 atom stereocenters. The fourth-order valence-corrected chi connectivity index (χ4v) is 6.69. The van der Waals surface area contributed by atoms with Crippen molar-refractivity contribution in [2.24, 2.45) is 5.73 Å². The molecule has 0 saturated carbocycles. The Morgan fingerprint density at radius 3 is 1.24 bits per heavy atom. The number of phosphoric ester groups is 1. The Balaban J connectivity index is 4.09. The number of ether oxygens (including phenoxy) is 2. The van der Waals surface area contributed by atoms with Crippen LogP contribution in [0.1, 0.15) is 206 Å². The highest BCUT2D eigenvalue weighted by molar-refractivity contribution is 7.47. The van der Waals surface area contributed by atoms with Gasteiger partial charge in [0, 0.05) is 19.4 Å². The molecule has 0 aromatic rings. The topological polar surface area (TPSA) is 134 Å². The van der Waals surface area contributed by atoms with E-state index in [1.807, 2.05) is 0 Å². The fraction of sp³-hybridized carbons (Fsp3) is 0.949. The lowest BCUT2D eigenvalue weighted by molar-refractivity contribution is -0.161. The average molecular weight is 720 g/mol. The van der Waals surface area contributed by atoms with E-state index < -0.39 is 26.5 Å². The van der Waals surface area contributed by atoms with Crippen LogP contribution in [-0.4, -0.2) is 49.3 Å². The summed E-state index contributed by atoms with van der Waals surface area (Å²) in [5.41, 5.74) is 5.33. The lowest BCUT2D eigenvalue weighted by atomic mass is 10.0. The molecule has 292 valence electrons. The normalized spacial score (nSPS) is 13.3. The molecule has 0 aromatic carbocycles. The van der Waals surface area contributed by atoms with Crippen LogP contribution in [0.15, 0.2) is 0 Å². The molecule has 0 rings (SSSR count). The first kappa shape index (κ1) is 48.0. The van der Waals surface area contributed by atoms with Gasteiger partial charge in [0.2, 0.25) is 0 Å². The van der Waals surface area contributed by atoms with E-state index in [9.17, 15) is 19.0 Å². The number of hydrogen-bond acceptors (Lipinski definition) is 8.